The summed E-state index contributed by atoms with van der Waals surface area (Å²) in [7, 11) is -5.11. The van der Waals surface area contributed by atoms with Crippen molar-refractivity contribution in [1.29, 1.82) is 0 Å². The first-order valence-electron chi connectivity index (χ1n) is 5.42. The third-order valence-electron chi connectivity index (χ3n) is 3.56. The van der Waals surface area contributed by atoms with E-state index in [4.69, 9.17) is 0 Å². The summed E-state index contributed by atoms with van der Waals surface area (Å²) in [5, 5.41) is 0. The summed E-state index contributed by atoms with van der Waals surface area (Å²) in [5.74, 6) is 0.130. The van der Waals surface area contributed by atoms with Crippen molar-refractivity contribution >= 4 is 10.0 Å². The van der Waals surface area contributed by atoms with Crippen molar-refractivity contribution < 1.29 is 21.6 Å². The van der Waals surface area contributed by atoms with Gasteiger partial charge in [0.2, 0.25) is 0 Å². The molecule has 0 aromatic heterocycles. The lowest BCUT2D eigenvalue weighted by atomic mass is 9.86. The average Bonchev–Trinajstić information content (AvgIpc) is 2.59. The second-order valence-corrected chi connectivity index (χ2v) is 6.34. The summed E-state index contributed by atoms with van der Waals surface area (Å²) >= 11 is 0. The molecule has 2 atom stereocenters. The standard InChI is InChI=1S/C9H14F3NO2S/c10-9(11,12)16(14,15)13-6-5-7-3-1-2-4-8(7)13/h7-8H,1-6H2/t7-,8+/m1/s1. The fourth-order valence-corrected chi connectivity index (χ4v) is 4.04. The van der Waals surface area contributed by atoms with Gasteiger partial charge in [0.05, 0.1) is 0 Å². The molecule has 0 aromatic rings. The van der Waals surface area contributed by atoms with Gasteiger partial charge in [0.15, 0.2) is 0 Å². The maximum atomic E-state index is 12.4. The third kappa shape index (κ3) is 1.84. The van der Waals surface area contributed by atoms with E-state index in [0.717, 1.165) is 19.3 Å². The zero-order chi connectivity index (χ0) is 12.0. The number of sulfonamides is 1. The SMILES string of the molecule is O=S(=O)(N1CC[C@H]2CCCC[C@@H]21)C(F)(F)F. The first-order chi connectivity index (χ1) is 7.34. The minimum atomic E-state index is -5.15. The molecule has 0 aromatic carbocycles. The zero-order valence-electron chi connectivity index (χ0n) is 8.70. The molecule has 0 amide bonds. The van der Waals surface area contributed by atoms with Crippen molar-refractivity contribution in [2.75, 3.05) is 6.54 Å². The molecule has 7 heteroatoms. The van der Waals surface area contributed by atoms with Crippen molar-refractivity contribution in [1.82, 2.24) is 4.31 Å². The molecule has 16 heavy (non-hydrogen) atoms. The maximum Gasteiger partial charge on any atom is 0.511 e. The van der Waals surface area contributed by atoms with Gasteiger partial charge in [0.25, 0.3) is 0 Å². The third-order valence-corrected chi connectivity index (χ3v) is 5.22. The second kappa shape index (κ2) is 3.87. The van der Waals surface area contributed by atoms with Crippen LogP contribution in [-0.4, -0.2) is 30.8 Å². The smallest absolute Gasteiger partial charge is 0.203 e. The Morgan fingerprint density at radius 3 is 2.31 bits per heavy atom. The summed E-state index contributed by atoms with van der Waals surface area (Å²) in [6, 6.07) is -0.416. The van der Waals surface area contributed by atoms with E-state index < -0.39 is 21.6 Å². The van der Waals surface area contributed by atoms with E-state index in [0.29, 0.717) is 17.1 Å². The molecule has 1 aliphatic heterocycles. The molecule has 2 rings (SSSR count). The summed E-state index contributed by atoms with van der Waals surface area (Å²) in [4.78, 5) is 0. The minimum Gasteiger partial charge on any atom is -0.203 e. The van der Waals surface area contributed by atoms with Crippen LogP contribution in [-0.2, 0) is 10.0 Å². The Kier molecular flexibility index (Phi) is 2.94. The first kappa shape index (κ1) is 12.2. The molecule has 1 aliphatic carbocycles. The number of halogens is 3. The molecular formula is C9H14F3NO2S. The van der Waals surface area contributed by atoms with E-state index in [2.05, 4.69) is 0 Å². The quantitative estimate of drug-likeness (QED) is 0.721. The van der Waals surface area contributed by atoms with Gasteiger partial charge in [-0.15, -0.1) is 0 Å². The molecule has 0 unspecified atom stereocenters. The molecule has 1 heterocycles. The predicted octanol–water partition coefficient (Wildman–Crippen LogP) is 2.10. The van der Waals surface area contributed by atoms with Crippen molar-refractivity contribution in [2.24, 2.45) is 5.92 Å². The number of hydrogen-bond donors (Lipinski definition) is 0. The monoisotopic (exact) mass is 257 g/mol. The van der Waals surface area contributed by atoms with Crippen molar-refractivity contribution in [3.8, 4) is 0 Å². The minimum absolute atomic E-state index is 0.0250. The topological polar surface area (TPSA) is 37.4 Å². The number of hydrogen-bond acceptors (Lipinski definition) is 2. The highest BCUT2D eigenvalue weighted by molar-refractivity contribution is 7.90. The molecule has 2 aliphatic rings. The molecule has 1 saturated heterocycles. The molecule has 0 N–H and O–H groups in total. The zero-order valence-corrected chi connectivity index (χ0v) is 9.52. The van der Waals surface area contributed by atoms with Crippen LogP contribution in [0, 0.1) is 5.92 Å². The molecule has 0 bridgehead atoms. The number of nitrogens with zero attached hydrogens (tertiary/aromatic N) is 1. The molecule has 2 fully saturated rings. The Morgan fingerprint density at radius 2 is 1.69 bits per heavy atom. The van der Waals surface area contributed by atoms with Crippen LogP contribution in [0.25, 0.3) is 0 Å². The Hall–Kier alpha value is -0.300. The Morgan fingerprint density at radius 1 is 1.06 bits per heavy atom. The largest absolute Gasteiger partial charge is 0.511 e. The maximum absolute atomic E-state index is 12.4. The lowest BCUT2D eigenvalue weighted by Gasteiger charge is -2.31. The van der Waals surface area contributed by atoms with Crippen LogP contribution < -0.4 is 0 Å². The van der Waals surface area contributed by atoms with Gasteiger partial charge in [-0.2, -0.15) is 17.5 Å². The number of rotatable bonds is 1. The highest BCUT2D eigenvalue weighted by atomic mass is 32.2. The number of fused-ring (bicyclic) bond motifs is 1. The van der Waals surface area contributed by atoms with Crippen LogP contribution in [0.1, 0.15) is 32.1 Å². The molecule has 94 valence electrons. The van der Waals surface area contributed by atoms with Gasteiger partial charge < -0.3 is 0 Å². The Balaban J connectivity index is 2.23. The van der Waals surface area contributed by atoms with Crippen LogP contribution in [0.5, 0.6) is 0 Å². The highest BCUT2D eigenvalue weighted by Gasteiger charge is 2.54. The van der Waals surface area contributed by atoms with Crippen LogP contribution >= 0.6 is 0 Å². The lowest BCUT2D eigenvalue weighted by Crippen LogP contribution is -2.45. The highest BCUT2D eigenvalue weighted by Crippen LogP contribution is 2.41. The summed E-state index contributed by atoms with van der Waals surface area (Å²) in [6.45, 7) is 0.0250. The van der Waals surface area contributed by atoms with E-state index in [-0.39, 0.29) is 12.5 Å². The van der Waals surface area contributed by atoms with Gasteiger partial charge in [-0.05, 0) is 25.2 Å². The van der Waals surface area contributed by atoms with Crippen LogP contribution in [0.2, 0.25) is 0 Å². The van der Waals surface area contributed by atoms with Crippen molar-refractivity contribution in [3.63, 3.8) is 0 Å². The van der Waals surface area contributed by atoms with Crippen molar-refractivity contribution in [2.45, 2.75) is 43.7 Å². The van der Waals surface area contributed by atoms with E-state index in [1.807, 2.05) is 0 Å². The summed E-state index contributed by atoms with van der Waals surface area (Å²) < 4.78 is 60.5. The van der Waals surface area contributed by atoms with Crippen molar-refractivity contribution in [3.05, 3.63) is 0 Å². The van der Waals surface area contributed by atoms with Crippen LogP contribution in [0.3, 0.4) is 0 Å². The van der Waals surface area contributed by atoms with Gasteiger partial charge in [0, 0.05) is 12.6 Å². The van der Waals surface area contributed by atoms with Gasteiger partial charge in [-0.25, -0.2) is 8.42 Å². The van der Waals surface area contributed by atoms with Crippen LogP contribution in [0.15, 0.2) is 0 Å². The Bertz CT molecular complexity index is 365. The molecule has 1 saturated carbocycles. The van der Waals surface area contributed by atoms with Gasteiger partial charge in [-0.1, -0.05) is 12.8 Å². The van der Waals surface area contributed by atoms with Gasteiger partial charge in [-0.3, -0.25) is 0 Å². The molecular weight excluding hydrogens is 243 g/mol. The fourth-order valence-electron chi connectivity index (χ4n) is 2.79. The normalized spacial score (nSPS) is 32.7. The Labute approximate surface area is 92.7 Å². The van der Waals surface area contributed by atoms with Crippen LogP contribution in [0.4, 0.5) is 13.2 Å². The van der Waals surface area contributed by atoms with Gasteiger partial charge in [0.1, 0.15) is 0 Å². The predicted molar refractivity (Wildman–Crippen MR) is 52.0 cm³/mol. The summed E-state index contributed by atoms with van der Waals surface area (Å²) in [5.41, 5.74) is -5.15. The molecule has 0 radical (unpaired) electrons. The van der Waals surface area contributed by atoms with E-state index in [9.17, 15) is 21.6 Å². The van der Waals surface area contributed by atoms with E-state index in [1.54, 1.807) is 0 Å². The first-order valence-corrected chi connectivity index (χ1v) is 6.86. The molecule has 3 nitrogen and oxygen atoms in total. The van der Waals surface area contributed by atoms with E-state index >= 15 is 0 Å². The fraction of sp³-hybridized carbons (Fsp3) is 1.00. The number of alkyl halides is 3. The lowest BCUT2D eigenvalue weighted by molar-refractivity contribution is -0.0497. The van der Waals surface area contributed by atoms with Gasteiger partial charge >= 0.3 is 15.5 Å². The van der Waals surface area contributed by atoms with E-state index in [1.165, 1.54) is 0 Å². The molecule has 0 spiro atoms. The summed E-state index contributed by atoms with van der Waals surface area (Å²) in [6.07, 6.45) is 3.82. The average molecular weight is 257 g/mol. The second-order valence-electron chi connectivity index (χ2n) is 4.46.